The first-order chi connectivity index (χ1) is 9.62. The van der Waals surface area contributed by atoms with Crippen LogP contribution in [-0.2, 0) is 12.8 Å². The van der Waals surface area contributed by atoms with Crippen molar-refractivity contribution in [3.63, 3.8) is 0 Å². The van der Waals surface area contributed by atoms with Crippen molar-refractivity contribution in [2.45, 2.75) is 26.7 Å². The van der Waals surface area contributed by atoms with Gasteiger partial charge in [0, 0.05) is 5.69 Å². The summed E-state index contributed by atoms with van der Waals surface area (Å²) in [6.45, 7) is 3.93. The Morgan fingerprint density at radius 3 is 2.65 bits per heavy atom. The summed E-state index contributed by atoms with van der Waals surface area (Å²) in [6, 6.07) is 1.91. The number of aromatic nitrogens is 4. The van der Waals surface area contributed by atoms with E-state index in [0.717, 1.165) is 17.8 Å². The molecule has 20 heavy (non-hydrogen) atoms. The SMILES string of the molecule is CCc1cc(CC)n(-c2ncnc(OC)c2[N+](=O)[O-])n1. The fraction of sp³-hybridized carbons (Fsp3) is 0.417. The number of aryl methyl sites for hydroxylation is 2. The topological polar surface area (TPSA) is 96.0 Å². The molecule has 0 N–H and O–H groups in total. The third-order valence-electron chi connectivity index (χ3n) is 2.90. The van der Waals surface area contributed by atoms with Crippen molar-refractivity contribution in [2.24, 2.45) is 0 Å². The van der Waals surface area contributed by atoms with Crippen LogP contribution in [0, 0.1) is 10.1 Å². The average molecular weight is 277 g/mol. The van der Waals surface area contributed by atoms with Crippen LogP contribution in [0.3, 0.4) is 0 Å². The van der Waals surface area contributed by atoms with Crippen molar-refractivity contribution in [2.75, 3.05) is 7.11 Å². The maximum absolute atomic E-state index is 11.3. The van der Waals surface area contributed by atoms with Gasteiger partial charge in [0.2, 0.25) is 5.82 Å². The Hall–Kier alpha value is -2.51. The fourth-order valence-electron chi connectivity index (χ4n) is 1.90. The highest BCUT2D eigenvalue weighted by atomic mass is 16.6. The highest BCUT2D eigenvalue weighted by Crippen LogP contribution is 2.29. The third-order valence-corrected chi connectivity index (χ3v) is 2.90. The molecule has 0 fully saturated rings. The molecule has 0 aliphatic heterocycles. The average Bonchev–Trinajstić information content (AvgIpc) is 2.89. The molecule has 0 bridgehead atoms. The van der Waals surface area contributed by atoms with Crippen molar-refractivity contribution in [1.82, 2.24) is 19.7 Å². The van der Waals surface area contributed by atoms with E-state index in [1.807, 2.05) is 19.9 Å². The van der Waals surface area contributed by atoms with Gasteiger partial charge in [-0.25, -0.2) is 9.67 Å². The van der Waals surface area contributed by atoms with Crippen molar-refractivity contribution in [3.8, 4) is 11.7 Å². The lowest BCUT2D eigenvalue weighted by molar-refractivity contribution is -0.386. The lowest BCUT2D eigenvalue weighted by Crippen LogP contribution is -2.09. The number of nitro groups is 1. The number of rotatable bonds is 5. The smallest absolute Gasteiger partial charge is 0.375 e. The minimum absolute atomic E-state index is 0.0735. The Balaban J connectivity index is 2.69. The summed E-state index contributed by atoms with van der Waals surface area (Å²) >= 11 is 0. The van der Waals surface area contributed by atoms with Crippen molar-refractivity contribution in [3.05, 3.63) is 33.9 Å². The van der Waals surface area contributed by atoms with E-state index >= 15 is 0 Å². The zero-order valence-corrected chi connectivity index (χ0v) is 11.5. The van der Waals surface area contributed by atoms with Crippen LogP contribution >= 0.6 is 0 Å². The number of methoxy groups -OCH3 is 1. The van der Waals surface area contributed by atoms with Crippen LogP contribution in [-0.4, -0.2) is 31.8 Å². The van der Waals surface area contributed by atoms with Gasteiger partial charge in [-0.15, -0.1) is 0 Å². The van der Waals surface area contributed by atoms with E-state index in [0.29, 0.717) is 6.42 Å². The predicted molar refractivity (Wildman–Crippen MR) is 71.1 cm³/mol. The molecular formula is C12H15N5O3. The molecule has 0 aliphatic rings. The third kappa shape index (κ3) is 2.31. The van der Waals surface area contributed by atoms with Crippen LogP contribution < -0.4 is 4.74 Å². The van der Waals surface area contributed by atoms with Gasteiger partial charge in [-0.3, -0.25) is 10.1 Å². The summed E-state index contributed by atoms with van der Waals surface area (Å²) in [5, 5.41) is 15.6. The maximum Gasteiger partial charge on any atom is 0.375 e. The Morgan fingerprint density at radius 1 is 1.35 bits per heavy atom. The molecule has 2 rings (SSSR count). The summed E-state index contributed by atoms with van der Waals surface area (Å²) in [6.07, 6.45) is 2.67. The quantitative estimate of drug-likeness (QED) is 0.609. The van der Waals surface area contributed by atoms with Crippen LogP contribution in [0.2, 0.25) is 0 Å². The Bertz CT molecular complexity index is 638. The summed E-state index contributed by atoms with van der Waals surface area (Å²) < 4.78 is 6.43. The highest BCUT2D eigenvalue weighted by molar-refractivity contribution is 5.54. The summed E-state index contributed by atoms with van der Waals surface area (Å²) in [5.74, 6) is 0.0500. The molecule has 2 aromatic heterocycles. The minimum atomic E-state index is -0.555. The van der Waals surface area contributed by atoms with Crippen molar-refractivity contribution >= 4 is 5.69 Å². The lowest BCUT2D eigenvalue weighted by Gasteiger charge is -2.07. The lowest BCUT2D eigenvalue weighted by atomic mass is 10.2. The summed E-state index contributed by atoms with van der Waals surface area (Å²) in [5.41, 5.74) is 1.43. The number of nitrogens with zero attached hydrogens (tertiary/aromatic N) is 5. The zero-order chi connectivity index (χ0) is 14.7. The van der Waals surface area contributed by atoms with Gasteiger partial charge in [-0.2, -0.15) is 10.1 Å². The zero-order valence-electron chi connectivity index (χ0n) is 11.5. The van der Waals surface area contributed by atoms with Gasteiger partial charge in [0.15, 0.2) is 0 Å². The predicted octanol–water partition coefficient (Wildman–Crippen LogP) is 1.70. The molecule has 0 aliphatic carbocycles. The first-order valence-corrected chi connectivity index (χ1v) is 6.23. The molecule has 2 aromatic rings. The summed E-state index contributed by atoms with van der Waals surface area (Å²) in [4.78, 5) is 18.5. The van der Waals surface area contributed by atoms with E-state index in [1.54, 1.807) is 0 Å². The number of hydrogen-bond acceptors (Lipinski definition) is 6. The molecule has 0 amide bonds. The van der Waals surface area contributed by atoms with Crippen molar-refractivity contribution < 1.29 is 9.66 Å². The Kier molecular flexibility index (Phi) is 3.92. The molecule has 106 valence electrons. The standard InChI is InChI=1S/C12H15N5O3/c1-4-8-6-9(5-2)16(15-8)11-10(17(18)19)12(20-3)14-7-13-11/h6-7H,4-5H2,1-3H3. The second-order valence-electron chi connectivity index (χ2n) is 4.06. The van der Waals surface area contributed by atoms with E-state index in [1.165, 1.54) is 18.1 Å². The largest absolute Gasteiger partial charge is 0.476 e. The van der Waals surface area contributed by atoms with Crippen LogP contribution in [0.1, 0.15) is 25.2 Å². The molecule has 2 heterocycles. The first kappa shape index (κ1) is 13.9. The van der Waals surface area contributed by atoms with Crippen molar-refractivity contribution in [1.29, 1.82) is 0 Å². The van der Waals surface area contributed by atoms with E-state index in [9.17, 15) is 10.1 Å². The van der Waals surface area contributed by atoms with Gasteiger partial charge < -0.3 is 4.74 Å². The minimum Gasteiger partial charge on any atom is -0.476 e. The van der Waals surface area contributed by atoms with Gasteiger partial charge in [-0.1, -0.05) is 13.8 Å². The molecule has 8 heteroatoms. The normalized spacial score (nSPS) is 10.6. The van der Waals surface area contributed by atoms with Gasteiger partial charge in [0.25, 0.3) is 5.88 Å². The molecule has 0 radical (unpaired) electrons. The van der Waals surface area contributed by atoms with E-state index < -0.39 is 4.92 Å². The fourth-order valence-corrected chi connectivity index (χ4v) is 1.90. The number of ether oxygens (including phenoxy) is 1. The van der Waals surface area contributed by atoms with Crippen LogP contribution in [0.25, 0.3) is 5.82 Å². The van der Waals surface area contributed by atoms with Crippen LogP contribution in [0.4, 0.5) is 5.69 Å². The van der Waals surface area contributed by atoms with Crippen LogP contribution in [0.15, 0.2) is 12.4 Å². The first-order valence-electron chi connectivity index (χ1n) is 6.23. The van der Waals surface area contributed by atoms with E-state index in [4.69, 9.17) is 4.74 Å². The monoisotopic (exact) mass is 277 g/mol. The molecule has 8 nitrogen and oxygen atoms in total. The van der Waals surface area contributed by atoms with E-state index in [2.05, 4.69) is 15.1 Å². The molecule has 0 saturated carbocycles. The van der Waals surface area contributed by atoms with Crippen LogP contribution in [0.5, 0.6) is 5.88 Å². The van der Waals surface area contributed by atoms with Gasteiger partial charge in [0.1, 0.15) is 6.33 Å². The molecular weight excluding hydrogens is 262 g/mol. The Labute approximate surface area is 115 Å². The second-order valence-corrected chi connectivity index (χ2v) is 4.06. The Morgan fingerprint density at radius 2 is 2.10 bits per heavy atom. The molecule has 0 aromatic carbocycles. The molecule has 0 unspecified atom stereocenters. The molecule has 0 atom stereocenters. The van der Waals surface area contributed by atoms with Gasteiger partial charge >= 0.3 is 5.69 Å². The molecule has 0 saturated heterocycles. The van der Waals surface area contributed by atoms with Gasteiger partial charge in [0.05, 0.1) is 17.7 Å². The second kappa shape index (κ2) is 5.64. The summed E-state index contributed by atoms with van der Waals surface area (Å²) in [7, 11) is 1.33. The van der Waals surface area contributed by atoms with E-state index in [-0.39, 0.29) is 17.4 Å². The maximum atomic E-state index is 11.3. The van der Waals surface area contributed by atoms with Gasteiger partial charge in [-0.05, 0) is 18.9 Å². The highest BCUT2D eigenvalue weighted by Gasteiger charge is 2.27. The molecule has 0 spiro atoms. The number of hydrogen-bond donors (Lipinski definition) is 0.